The number of fused-ring (bicyclic) bond motifs is 2. The van der Waals surface area contributed by atoms with Gasteiger partial charge in [0.05, 0.1) is 5.92 Å². The fraction of sp³-hybridized carbons (Fsp3) is 0.682. The molecule has 2 saturated carbocycles. The van der Waals surface area contributed by atoms with Gasteiger partial charge in [-0.2, -0.15) is 0 Å². The van der Waals surface area contributed by atoms with Crippen LogP contribution >= 0.6 is 24.8 Å². The highest BCUT2D eigenvalue weighted by Gasteiger charge is 2.48. The zero-order valence-corrected chi connectivity index (χ0v) is 18.3. The zero-order chi connectivity index (χ0) is 17.9. The molecule has 6 heteroatoms. The number of halogens is 2. The Labute approximate surface area is 181 Å². The Morgan fingerprint density at radius 2 is 1.64 bits per heavy atom. The average molecular weight is 428 g/mol. The molecule has 3 N–H and O–H groups in total. The van der Waals surface area contributed by atoms with Crippen LogP contribution in [0.3, 0.4) is 0 Å². The van der Waals surface area contributed by atoms with Crippen molar-refractivity contribution in [2.75, 3.05) is 13.1 Å². The quantitative estimate of drug-likeness (QED) is 0.748. The van der Waals surface area contributed by atoms with Gasteiger partial charge in [-0.25, -0.2) is 0 Å². The number of carbonyl (C=O) groups is 1. The molecule has 1 aromatic carbocycles. The maximum Gasteiger partial charge on any atom is 0.225 e. The molecular weight excluding hydrogens is 393 g/mol. The monoisotopic (exact) mass is 427 g/mol. The molecule has 158 valence electrons. The lowest BCUT2D eigenvalue weighted by molar-refractivity contribution is -0.127. The van der Waals surface area contributed by atoms with Crippen LogP contribution in [0.2, 0.25) is 0 Å². The zero-order valence-electron chi connectivity index (χ0n) is 16.6. The minimum Gasteiger partial charge on any atom is -0.352 e. The summed E-state index contributed by atoms with van der Waals surface area (Å²) in [5.41, 5.74) is 8.94. The van der Waals surface area contributed by atoms with E-state index in [0.29, 0.717) is 18.4 Å². The summed E-state index contributed by atoms with van der Waals surface area (Å²) in [5.74, 6) is 1.30. The second-order valence-corrected chi connectivity index (χ2v) is 8.61. The first-order chi connectivity index (χ1) is 12.7. The molecule has 0 aromatic heterocycles. The highest BCUT2D eigenvalue weighted by Crippen LogP contribution is 2.47. The SMILES string of the molecule is Cl.Cl.NC1C2CCC(C2)C1C(=O)NCc1ccccc1CN1CCCCCC1. The fourth-order valence-electron chi connectivity index (χ4n) is 5.44. The number of nitrogens with two attached hydrogens (primary N) is 1. The van der Waals surface area contributed by atoms with Crippen LogP contribution in [0.1, 0.15) is 56.1 Å². The molecule has 28 heavy (non-hydrogen) atoms. The van der Waals surface area contributed by atoms with Gasteiger partial charge in [0.15, 0.2) is 0 Å². The van der Waals surface area contributed by atoms with Crippen LogP contribution in [0.4, 0.5) is 0 Å². The predicted molar refractivity (Wildman–Crippen MR) is 119 cm³/mol. The highest BCUT2D eigenvalue weighted by molar-refractivity contribution is 5.85. The van der Waals surface area contributed by atoms with Gasteiger partial charge in [0.1, 0.15) is 0 Å². The molecule has 2 bridgehead atoms. The van der Waals surface area contributed by atoms with E-state index in [2.05, 4.69) is 34.5 Å². The lowest BCUT2D eigenvalue weighted by atomic mass is 9.84. The van der Waals surface area contributed by atoms with Crippen LogP contribution < -0.4 is 11.1 Å². The topological polar surface area (TPSA) is 58.4 Å². The van der Waals surface area contributed by atoms with Crippen molar-refractivity contribution >= 4 is 30.7 Å². The third kappa shape index (κ3) is 5.21. The van der Waals surface area contributed by atoms with Crippen molar-refractivity contribution in [2.45, 2.75) is 64.1 Å². The average Bonchev–Trinajstić information content (AvgIpc) is 3.14. The molecule has 0 spiro atoms. The van der Waals surface area contributed by atoms with E-state index in [1.54, 1.807) is 0 Å². The van der Waals surface area contributed by atoms with Crippen molar-refractivity contribution in [1.82, 2.24) is 10.2 Å². The first-order valence-electron chi connectivity index (χ1n) is 10.5. The molecule has 1 aliphatic heterocycles. The van der Waals surface area contributed by atoms with E-state index in [4.69, 9.17) is 5.73 Å². The number of rotatable bonds is 5. The molecule has 4 atom stereocenters. The Bertz CT molecular complexity index is 632. The van der Waals surface area contributed by atoms with Gasteiger partial charge in [0.25, 0.3) is 0 Å². The van der Waals surface area contributed by atoms with Crippen molar-refractivity contribution in [1.29, 1.82) is 0 Å². The maximum atomic E-state index is 12.8. The Morgan fingerprint density at radius 1 is 1.00 bits per heavy atom. The van der Waals surface area contributed by atoms with E-state index in [0.717, 1.165) is 13.0 Å². The van der Waals surface area contributed by atoms with Crippen molar-refractivity contribution in [3.8, 4) is 0 Å². The summed E-state index contributed by atoms with van der Waals surface area (Å²) < 4.78 is 0. The predicted octanol–water partition coefficient (Wildman–Crippen LogP) is 3.90. The lowest BCUT2D eigenvalue weighted by Crippen LogP contribution is -2.45. The van der Waals surface area contributed by atoms with Crippen LogP contribution in [0.25, 0.3) is 0 Å². The summed E-state index contributed by atoms with van der Waals surface area (Å²) in [6.45, 7) is 4.02. The van der Waals surface area contributed by atoms with Gasteiger partial charge in [-0.3, -0.25) is 9.69 Å². The number of amides is 1. The molecular formula is C22H35Cl2N3O. The number of hydrogen-bond acceptors (Lipinski definition) is 3. The van der Waals surface area contributed by atoms with Gasteiger partial charge in [-0.15, -0.1) is 24.8 Å². The Balaban J connectivity index is 0.00000140. The van der Waals surface area contributed by atoms with Crippen LogP contribution in [0.5, 0.6) is 0 Å². The van der Waals surface area contributed by atoms with E-state index in [-0.39, 0.29) is 42.7 Å². The van der Waals surface area contributed by atoms with Crippen LogP contribution in [-0.4, -0.2) is 29.9 Å². The summed E-state index contributed by atoms with van der Waals surface area (Å²) in [7, 11) is 0. The number of likely N-dealkylation sites (tertiary alicyclic amines) is 1. The molecule has 1 heterocycles. The van der Waals surface area contributed by atoms with Gasteiger partial charge in [-0.05, 0) is 68.2 Å². The minimum atomic E-state index is 0. The van der Waals surface area contributed by atoms with Gasteiger partial charge >= 0.3 is 0 Å². The van der Waals surface area contributed by atoms with Crippen molar-refractivity contribution < 1.29 is 4.79 Å². The van der Waals surface area contributed by atoms with Gasteiger partial charge < -0.3 is 11.1 Å². The molecule has 4 rings (SSSR count). The lowest BCUT2D eigenvalue weighted by Gasteiger charge is -2.27. The molecule has 3 aliphatic rings. The number of benzene rings is 1. The Hall–Kier alpha value is -0.810. The van der Waals surface area contributed by atoms with Crippen molar-refractivity contribution in [3.05, 3.63) is 35.4 Å². The van der Waals surface area contributed by atoms with Crippen LogP contribution in [0.15, 0.2) is 24.3 Å². The van der Waals surface area contributed by atoms with Gasteiger partial charge in [0.2, 0.25) is 5.91 Å². The first kappa shape index (κ1) is 23.5. The van der Waals surface area contributed by atoms with Gasteiger partial charge in [-0.1, -0.05) is 37.1 Å². The molecule has 1 saturated heterocycles. The van der Waals surface area contributed by atoms with Crippen molar-refractivity contribution in [3.63, 3.8) is 0 Å². The van der Waals surface area contributed by atoms with Crippen LogP contribution in [-0.2, 0) is 17.9 Å². The van der Waals surface area contributed by atoms with Crippen molar-refractivity contribution in [2.24, 2.45) is 23.5 Å². The third-order valence-corrected chi connectivity index (χ3v) is 6.95. The van der Waals surface area contributed by atoms with E-state index in [1.807, 2.05) is 0 Å². The third-order valence-electron chi connectivity index (χ3n) is 6.95. The van der Waals surface area contributed by atoms with Crippen LogP contribution in [0, 0.1) is 17.8 Å². The molecule has 2 aliphatic carbocycles. The molecule has 1 amide bonds. The summed E-state index contributed by atoms with van der Waals surface area (Å²) in [6, 6.07) is 8.64. The second-order valence-electron chi connectivity index (χ2n) is 8.61. The Morgan fingerprint density at radius 3 is 2.29 bits per heavy atom. The van der Waals surface area contributed by atoms with E-state index >= 15 is 0 Å². The normalized spacial score (nSPS) is 29.5. The summed E-state index contributed by atoms with van der Waals surface area (Å²) in [5, 5.41) is 3.21. The molecule has 3 fully saturated rings. The first-order valence-corrected chi connectivity index (χ1v) is 10.5. The molecule has 4 unspecified atom stereocenters. The number of nitrogens with one attached hydrogen (secondary N) is 1. The van der Waals surface area contributed by atoms with E-state index in [9.17, 15) is 4.79 Å². The highest BCUT2D eigenvalue weighted by atomic mass is 35.5. The second kappa shape index (κ2) is 10.8. The number of nitrogens with zero attached hydrogens (tertiary/aromatic N) is 1. The summed E-state index contributed by atoms with van der Waals surface area (Å²) in [4.78, 5) is 15.3. The van der Waals surface area contributed by atoms with Gasteiger partial charge in [0, 0.05) is 19.1 Å². The standard InChI is InChI=1S/C22H33N3O.2ClH/c23-21-17-10-9-16(13-17)20(21)22(26)24-14-18-7-3-4-8-19(18)15-25-11-5-1-2-6-12-25;;/h3-4,7-8,16-17,20-21H,1-2,5-6,9-15,23H2,(H,24,26);2*1H. The molecule has 0 radical (unpaired) electrons. The fourth-order valence-corrected chi connectivity index (χ4v) is 5.44. The number of hydrogen-bond donors (Lipinski definition) is 2. The number of carbonyl (C=O) groups excluding carboxylic acids is 1. The Kier molecular flexibility index (Phi) is 9.07. The maximum absolute atomic E-state index is 12.8. The summed E-state index contributed by atoms with van der Waals surface area (Å²) in [6.07, 6.45) is 8.89. The molecule has 4 nitrogen and oxygen atoms in total. The summed E-state index contributed by atoms with van der Waals surface area (Å²) >= 11 is 0. The smallest absolute Gasteiger partial charge is 0.225 e. The largest absolute Gasteiger partial charge is 0.352 e. The van der Waals surface area contributed by atoms with E-state index in [1.165, 1.54) is 62.7 Å². The minimum absolute atomic E-state index is 0. The molecule has 1 aromatic rings. The van der Waals surface area contributed by atoms with E-state index < -0.39 is 0 Å².